The minimum absolute atomic E-state index is 0.0136. The molecule has 0 atom stereocenters. The molecule has 0 aliphatic heterocycles. The SMILES string of the molecule is O=C(NCc1ccccn1)C1CCC(C(=O)Nc2cccc(F)c2)CC1. The van der Waals surface area contributed by atoms with E-state index in [1.807, 2.05) is 18.2 Å². The molecule has 6 heteroatoms. The largest absolute Gasteiger partial charge is 0.350 e. The van der Waals surface area contributed by atoms with Gasteiger partial charge >= 0.3 is 0 Å². The second-order valence-electron chi connectivity index (χ2n) is 6.59. The summed E-state index contributed by atoms with van der Waals surface area (Å²) < 4.78 is 13.2. The summed E-state index contributed by atoms with van der Waals surface area (Å²) in [5.41, 5.74) is 1.29. The van der Waals surface area contributed by atoms with Gasteiger partial charge in [0.1, 0.15) is 5.82 Å². The van der Waals surface area contributed by atoms with Gasteiger partial charge in [-0.2, -0.15) is 0 Å². The van der Waals surface area contributed by atoms with Crippen LogP contribution in [0, 0.1) is 17.7 Å². The fourth-order valence-electron chi connectivity index (χ4n) is 3.25. The van der Waals surface area contributed by atoms with E-state index in [2.05, 4.69) is 15.6 Å². The van der Waals surface area contributed by atoms with E-state index < -0.39 is 0 Å². The fraction of sp³-hybridized carbons (Fsp3) is 0.350. The van der Waals surface area contributed by atoms with E-state index in [0.29, 0.717) is 37.9 Å². The Morgan fingerprint density at radius 1 is 1.00 bits per heavy atom. The van der Waals surface area contributed by atoms with Crippen LogP contribution in [0.3, 0.4) is 0 Å². The molecular weight excluding hydrogens is 333 g/mol. The van der Waals surface area contributed by atoms with Crippen molar-refractivity contribution in [3.63, 3.8) is 0 Å². The third-order valence-corrected chi connectivity index (χ3v) is 4.73. The van der Waals surface area contributed by atoms with Crippen LogP contribution in [-0.4, -0.2) is 16.8 Å². The van der Waals surface area contributed by atoms with Gasteiger partial charge in [0.15, 0.2) is 0 Å². The molecule has 0 spiro atoms. The van der Waals surface area contributed by atoms with Crippen LogP contribution in [0.2, 0.25) is 0 Å². The van der Waals surface area contributed by atoms with Gasteiger partial charge in [-0.05, 0) is 56.0 Å². The molecule has 1 heterocycles. The van der Waals surface area contributed by atoms with Crippen molar-refractivity contribution in [1.82, 2.24) is 10.3 Å². The van der Waals surface area contributed by atoms with Crippen LogP contribution in [0.15, 0.2) is 48.7 Å². The first-order valence-corrected chi connectivity index (χ1v) is 8.86. The van der Waals surface area contributed by atoms with Crippen molar-refractivity contribution in [2.24, 2.45) is 11.8 Å². The summed E-state index contributed by atoms with van der Waals surface area (Å²) in [7, 11) is 0. The zero-order chi connectivity index (χ0) is 18.4. The van der Waals surface area contributed by atoms with Crippen LogP contribution < -0.4 is 10.6 Å². The molecule has 1 aliphatic rings. The Balaban J connectivity index is 1.44. The fourth-order valence-corrected chi connectivity index (χ4v) is 3.25. The lowest BCUT2D eigenvalue weighted by Crippen LogP contribution is -2.35. The summed E-state index contributed by atoms with van der Waals surface area (Å²) in [5, 5.41) is 5.67. The summed E-state index contributed by atoms with van der Waals surface area (Å²) in [5.74, 6) is -0.686. The summed E-state index contributed by atoms with van der Waals surface area (Å²) in [6.45, 7) is 0.416. The lowest BCUT2D eigenvalue weighted by atomic mass is 9.81. The molecule has 5 nitrogen and oxygen atoms in total. The maximum Gasteiger partial charge on any atom is 0.227 e. The third kappa shape index (κ3) is 4.88. The van der Waals surface area contributed by atoms with E-state index in [0.717, 1.165) is 5.69 Å². The molecule has 0 radical (unpaired) electrons. The Morgan fingerprint density at radius 2 is 1.73 bits per heavy atom. The summed E-state index contributed by atoms with van der Waals surface area (Å²) in [4.78, 5) is 28.8. The zero-order valence-corrected chi connectivity index (χ0v) is 14.5. The number of nitrogens with zero attached hydrogens (tertiary/aromatic N) is 1. The average Bonchev–Trinajstić information content (AvgIpc) is 2.67. The highest BCUT2D eigenvalue weighted by Crippen LogP contribution is 2.30. The topological polar surface area (TPSA) is 71.1 Å². The molecular formula is C20H22FN3O2. The van der Waals surface area contributed by atoms with Crippen LogP contribution in [0.1, 0.15) is 31.4 Å². The molecule has 1 aromatic heterocycles. The van der Waals surface area contributed by atoms with E-state index in [1.165, 1.54) is 12.1 Å². The third-order valence-electron chi connectivity index (χ3n) is 4.73. The van der Waals surface area contributed by atoms with Gasteiger partial charge < -0.3 is 10.6 Å². The quantitative estimate of drug-likeness (QED) is 0.865. The van der Waals surface area contributed by atoms with Gasteiger partial charge in [0, 0.05) is 23.7 Å². The average molecular weight is 355 g/mol. The Hall–Kier alpha value is -2.76. The Labute approximate surface area is 152 Å². The van der Waals surface area contributed by atoms with Crippen molar-refractivity contribution in [3.05, 3.63) is 60.2 Å². The first-order valence-electron chi connectivity index (χ1n) is 8.86. The molecule has 136 valence electrons. The number of amides is 2. The van der Waals surface area contributed by atoms with E-state index in [-0.39, 0.29) is 29.5 Å². The van der Waals surface area contributed by atoms with Gasteiger partial charge in [0.2, 0.25) is 11.8 Å². The highest BCUT2D eigenvalue weighted by Gasteiger charge is 2.29. The number of anilines is 1. The molecule has 2 aromatic rings. The number of carbonyl (C=O) groups is 2. The van der Waals surface area contributed by atoms with Gasteiger partial charge in [-0.3, -0.25) is 14.6 Å². The van der Waals surface area contributed by atoms with Gasteiger partial charge in [0.05, 0.1) is 12.2 Å². The predicted molar refractivity (Wildman–Crippen MR) is 96.6 cm³/mol. The first kappa shape index (κ1) is 18.0. The number of pyridine rings is 1. The minimum atomic E-state index is -0.379. The van der Waals surface area contributed by atoms with Crippen molar-refractivity contribution in [2.45, 2.75) is 32.2 Å². The predicted octanol–water partition coefficient (Wildman–Crippen LogP) is 3.28. The molecule has 1 aromatic carbocycles. The van der Waals surface area contributed by atoms with Crippen molar-refractivity contribution in [3.8, 4) is 0 Å². The maximum atomic E-state index is 13.2. The molecule has 0 saturated heterocycles. The second kappa shape index (κ2) is 8.56. The highest BCUT2D eigenvalue weighted by atomic mass is 19.1. The number of carbonyl (C=O) groups excluding carboxylic acids is 2. The Kier molecular flexibility index (Phi) is 5.94. The lowest BCUT2D eigenvalue weighted by molar-refractivity contribution is -0.128. The molecule has 2 N–H and O–H groups in total. The second-order valence-corrected chi connectivity index (χ2v) is 6.59. The van der Waals surface area contributed by atoms with Gasteiger partial charge in [-0.25, -0.2) is 4.39 Å². The van der Waals surface area contributed by atoms with Crippen LogP contribution in [0.25, 0.3) is 0 Å². The summed E-state index contributed by atoms with van der Waals surface area (Å²) >= 11 is 0. The lowest BCUT2D eigenvalue weighted by Gasteiger charge is -2.27. The standard InChI is InChI=1S/C20H22FN3O2/c21-16-4-3-6-17(12-16)24-20(26)15-9-7-14(8-10-15)19(25)23-13-18-5-1-2-11-22-18/h1-6,11-12,14-15H,7-10,13H2,(H,23,25)(H,24,26). The molecule has 1 aliphatic carbocycles. The Bertz CT molecular complexity index is 759. The molecule has 1 fully saturated rings. The first-order chi connectivity index (χ1) is 12.6. The number of aromatic nitrogens is 1. The molecule has 2 amide bonds. The normalized spacial score (nSPS) is 19.6. The van der Waals surface area contributed by atoms with E-state index in [4.69, 9.17) is 0 Å². The van der Waals surface area contributed by atoms with Crippen molar-refractivity contribution in [1.29, 1.82) is 0 Å². The minimum Gasteiger partial charge on any atom is -0.350 e. The van der Waals surface area contributed by atoms with E-state index in [1.54, 1.807) is 18.3 Å². The molecule has 0 bridgehead atoms. The number of halogens is 1. The Morgan fingerprint density at radius 3 is 2.38 bits per heavy atom. The number of benzene rings is 1. The molecule has 26 heavy (non-hydrogen) atoms. The van der Waals surface area contributed by atoms with Gasteiger partial charge in [-0.15, -0.1) is 0 Å². The van der Waals surface area contributed by atoms with Crippen molar-refractivity contribution < 1.29 is 14.0 Å². The molecule has 0 unspecified atom stereocenters. The van der Waals surface area contributed by atoms with Gasteiger partial charge in [0.25, 0.3) is 0 Å². The van der Waals surface area contributed by atoms with Crippen molar-refractivity contribution >= 4 is 17.5 Å². The van der Waals surface area contributed by atoms with Crippen LogP contribution in [0.5, 0.6) is 0 Å². The number of hydrogen-bond donors (Lipinski definition) is 2. The summed E-state index contributed by atoms with van der Waals surface area (Å²) in [6, 6.07) is 11.5. The van der Waals surface area contributed by atoms with E-state index in [9.17, 15) is 14.0 Å². The van der Waals surface area contributed by atoms with Crippen molar-refractivity contribution in [2.75, 3.05) is 5.32 Å². The smallest absolute Gasteiger partial charge is 0.227 e. The van der Waals surface area contributed by atoms with Crippen LogP contribution in [-0.2, 0) is 16.1 Å². The zero-order valence-electron chi connectivity index (χ0n) is 14.5. The monoisotopic (exact) mass is 355 g/mol. The highest BCUT2D eigenvalue weighted by molar-refractivity contribution is 5.92. The molecule has 1 saturated carbocycles. The van der Waals surface area contributed by atoms with Gasteiger partial charge in [-0.1, -0.05) is 12.1 Å². The summed E-state index contributed by atoms with van der Waals surface area (Å²) in [6.07, 6.45) is 4.36. The van der Waals surface area contributed by atoms with E-state index >= 15 is 0 Å². The number of rotatable bonds is 5. The van der Waals surface area contributed by atoms with Crippen LogP contribution in [0.4, 0.5) is 10.1 Å². The number of nitrogens with one attached hydrogen (secondary N) is 2. The number of hydrogen-bond acceptors (Lipinski definition) is 3. The maximum absolute atomic E-state index is 13.2. The van der Waals surface area contributed by atoms with Crippen LogP contribution >= 0.6 is 0 Å². The molecule has 3 rings (SSSR count).